The number of halogens is 4. The van der Waals surface area contributed by atoms with Gasteiger partial charge in [-0.1, -0.05) is 23.7 Å². The van der Waals surface area contributed by atoms with Gasteiger partial charge < -0.3 is 0 Å². The Balaban J connectivity index is 3.14. The van der Waals surface area contributed by atoms with E-state index in [1.165, 1.54) is 12.1 Å². The Labute approximate surface area is 89.2 Å². The third-order valence-electron chi connectivity index (χ3n) is 1.68. The van der Waals surface area contributed by atoms with Crippen LogP contribution in [0.25, 0.3) is 5.03 Å². The van der Waals surface area contributed by atoms with Crippen LogP contribution in [-0.4, -0.2) is 6.29 Å². The van der Waals surface area contributed by atoms with E-state index in [2.05, 4.69) is 0 Å². The van der Waals surface area contributed by atoms with Gasteiger partial charge in [0, 0.05) is 0 Å². The van der Waals surface area contributed by atoms with E-state index >= 15 is 0 Å². The quantitative estimate of drug-likeness (QED) is 0.566. The highest BCUT2D eigenvalue weighted by Gasteiger charge is 2.30. The summed E-state index contributed by atoms with van der Waals surface area (Å²) in [4.78, 5) is 10.1. The van der Waals surface area contributed by atoms with Gasteiger partial charge in [0.15, 0.2) is 0 Å². The third kappa shape index (κ3) is 3.09. The minimum absolute atomic E-state index is 0.0175. The fourth-order valence-corrected chi connectivity index (χ4v) is 1.17. The predicted octanol–water partition coefficient (Wildman–Crippen LogP) is 3.48. The molecule has 0 N–H and O–H groups in total. The minimum atomic E-state index is -4.41. The van der Waals surface area contributed by atoms with E-state index in [-0.39, 0.29) is 10.6 Å². The van der Waals surface area contributed by atoms with Crippen molar-refractivity contribution in [3.8, 4) is 0 Å². The number of hydrogen-bond donors (Lipinski definition) is 0. The Morgan fingerprint density at radius 1 is 1.33 bits per heavy atom. The second-order valence-corrected chi connectivity index (χ2v) is 3.14. The van der Waals surface area contributed by atoms with E-state index in [1.807, 2.05) is 0 Å². The zero-order valence-electron chi connectivity index (χ0n) is 7.38. The first kappa shape index (κ1) is 11.8. The molecule has 0 saturated carbocycles. The number of carbonyl (C=O) groups excluding carboxylic acids is 1. The van der Waals surface area contributed by atoms with Crippen molar-refractivity contribution in [1.82, 2.24) is 0 Å². The molecule has 0 aromatic heterocycles. The molecule has 15 heavy (non-hydrogen) atoms. The molecule has 0 aliphatic carbocycles. The highest BCUT2D eigenvalue weighted by atomic mass is 35.5. The lowest BCUT2D eigenvalue weighted by molar-refractivity contribution is -0.137. The average molecular weight is 235 g/mol. The molecule has 1 nitrogen and oxygen atoms in total. The number of aldehydes is 1. The summed E-state index contributed by atoms with van der Waals surface area (Å²) in [6, 6.07) is 4.47. The minimum Gasteiger partial charge on any atom is -0.299 e. The lowest BCUT2D eigenvalue weighted by Crippen LogP contribution is -2.04. The third-order valence-corrected chi connectivity index (χ3v) is 2.02. The molecule has 0 unspecified atom stereocenters. The van der Waals surface area contributed by atoms with Gasteiger partial charge in [-0.25, -0.2) is 0 Å². The standard InChI is InChI=1S/C10H6ClF3O/c11-9(4-5-15)7-2-1-3-8(6-7)10(12,13)14/h1-6H/b9-4-. The molecule has 5 heteroatoms. The van der Waals surface area contributed by atoms with Crippen molar-refractivity contribution in [2.45, 2.75) is 6.18 Å². The van der Waals surface area contributed by atoms with Crippen LogP contribution in [0.4, 0.5) is 13.2 Å². The molecule has 0 aliphatic rings. The van der Waals surface area contributed by atoms with Gasteiger partial charge >= 0.3 is 6.18 Å². The van der Waals surface area contributed by atoms with Crippen LogP contribution in [0.15, 0.2) is 30.3 Å². The zero-order chi connectivity index (χ0) is 11.5. The lowest BCUT2D eigenvalue weighted by Gasteiger charge is -2.07. The van der Waals surface area contributed by atoms with E-state index < -0.39 is 11.7 Å². The second kappa shape index (κ2) is 4.49. The Hall–Kier alpha value is -1.29. The maximum absolute atomic E-state index is 12.3. The monoisotopic (exact) mass is 234 g/mol. The van der Waals surface area contributed by atoms with Gasteiger partial charge in [-0.05, 0) is 23.8 Å². The predicted molar refractivity (Wildman–Crippen MR) is 51.3 cm³/mol. The summed E-state index contributed by atoms with van der Waals surface area (Å²) < 4.78 is 36.9. The number of allylic oxidation sites excluding steroid dienone is 1. The Kier molecular flexibility index (Phi) is 3.52. The fourth-order valence-electron chi connectivity index (χ4n) is 1.00. The van der Waals surface area contributed by atoms with Crippen molar-refractivity contribution in [3.05, 3.63) is 41.5 Å². The molecule has 0 bridgehead atoms. The van der Waals surface area contributed by atoms with Gasteiger partial charge in [0.05, 0.1) is 10.6 Å². The Morgan fingerprint density at radius 3 is 2.53 bits per heavy atom. The summed E-state index contributed by atoms with van der Waals surface area (Å²) in [5.74, 6) is 0. The van der Waals surface area contributed by atoms with Crippen LogP contribution in [0.5, 0.6) is 0 Å². The van der Waals surface area contributed by atoms with Crippen LogP contribution >= 0.6 is 11.6 Å². The largest absolute Gasteiger partial charge is 0.416 e. The van der Waals surface area contributed by atoms with Crippen molar-refractivity contribution < 1.29 is 18.0 Å². The van der Waals surface area contributed by atoms with E-state index in [0.29, 0.717) is 6.29 Å². The van der Waals surface area contributed by atoms with Crippen molar-refractivity contribution >= 4 is 22.9 Å². The molecule has 0 atom stereocenters. The van der Waals surface area contributed by atoms with E-state index in [4.69, 9.17) is 11.6 Å². The molecule has 0 fully saturated rings. The first-order valence-electron chi connectivity index (χ1n) is 3.94. The van der Waals surface area contributed by atoms with Crippen LogP contribution in [0, 0.1) is 0 Å². The SMILES string of the molecule is O=C/C=C(\Cl)c1cccc(C(F)(F)F)c1. The molecule has 0 aliphatic heterocycles. The van der Waals surface area contributed by atoms with E-state index in [9.17, 15) is 18.0 Å². The summed E-state index contributed by atoms with van der Waals surface area (Å²) in [5.41, 5.74) is -0.629. The molecule has 0 spiro atoms. The first-order valence-corrected chi connectivity index (χ1v) is 4.31. The lowest BCUT2D eigenvalue weighted by atomic mass is 10.1. The van der Waals surface area contributed by atoms with Crippen molar-refractivity contribution in [3.63, 3.8) is 0 Å². The molecule has 0 amide bonds. The van der Waals surface area contributed by atoms with Crippen molar-refractivity contribution in [2.75, 3.05) is 0 Å². The van der Waals surface area contributed by atoms with Crippen molar-refractivity contribution in [2.24, 2.45) is 0 Å². The molecule has 0 saturated heterocycles. The number of rotatable bonds is 2. The van der Waals surface area contributed by atoms with Crippen LogP contribution in [0.2, 0.25) is 0 Å². The molecule has 1 aromatic rings. The fraction of sp³-hybridized carbons (Fsp3) is 0.100. The van der Waals surface area contributed by atoms with Crippen molar-refractivity contribution in [1.29, 1.82) is 0 Å². The molecular formula is C10H6ClF3O. The summed E-state index contributed by atoms with van der Waals surface area (Å²) >= 11 is 5.59. The highest BCUT2D eigenvalue weighted by Crippen LogP contribution is 2.31. The topological polar surface area (TPSA) is 17.1 Å². The van der Waals surface area contributed by atoms with Gasteiger partial charge in [-0.2, -0.15) is 13.2 Å². The van der Waals surface area contributed by atoms with Gasteiger partial charge in [0.25, 0.3) is 0 Å². The maximum Gasteiger partial charge on any atom is 0.416 e. The molecule has 1 rings (SSSR count). The van der Waals surface area contributed by atoms with Crippen LogP contribution in [0.1, 0.15) is 11.1 Å². The second-order valence-electron chi connectivity index (χ2n) is 2.73. The number of alkyl halides is 3. The summed E-state index contributed by atoms with van der Waals surface area (Å²) in [6.45, 7) is 0. The number of carbonyl (C=O) groups is 1. The molecular weight excluding hydrogens is 229 g/mol. The molecule has 0 heterocycles. The normalized spacial score (nSPS) is 12.7. The summed E-state index contributed by atoms with van der Waals surface area (Å²) in [6.07, 6.45) is -2.99. The van der Waals surface area contributed by atoms with Crippen LogP contribution in [-0.2, 0) is 11.0 Å². The summed E-state index contributed by atoms with van der Waals surface area (Å²) in [7, 11) is 0. The maximum atomic E-state index is 12.3. The van der Waals surface area contributed by atoms with Crippen LogP contribution < -0.4 is 0 Å². The van der Waals surface area contributed by atoms with E-state index in [1.54, 1.807) is 0 Å². The first-order chi connectivity index (χ1) is 6.95. The molecule has 80 valence electrons. The number of hydrogen-bond acceptors (Lipinski definition) is 1. The Bertz CT molecular complexity index is 396. The smallest absolute Gasteiger partial charge is 0.299 e. The average Bonchev–Trinajstić information content (AvgIpc) is 2.17. The zero-order valence-corrected chi connectivity index (χ0v) is 8.14. The number of benzene rings is 1. The van der Waals surface area contributed by atoms with Gasteiger partial charge in [-0.3, -0.25) is 4.79 Å². The Morgan fingerprint density at radius 2 is 2.00 bits per heavy atom. The van der Waals surface area contributed by atoms with Gasteiger partial charge in [0.2, 0.25) is 0 Å². The molecule has 1 aromatic carbocycles. The van der Waals surface area contributed by atoms with Gasteiger partial charge in [0.1, 0.15) is 6.29 Å². The molecule has 0 radical (unpaired) electrons. The van der Waals surface area contributed by atoms with E-state index in [0.717, 1.165) is 18.2 Å². The highest BCUT2D eigenvalue weighted by molar-refractivity contribution is 6.49. The van der Waals surface area contributed by atoms with Crippen LogP contribution in [0.3, 0.4) is 0 Å². The summed E-state index contributed by atoms with van der Waals surface area (Å²) in [5, 5.41) is -0.0175. The van der Waals surface area contributed by atoms with Gasteiger partial charge in [-0.15, -0.1) is 0 Å².